The van der Waals surface area contributed by atoms with Gasteiger partial charge in [0.05, 0.1) is 4.92 Å². The molecule has 0 aliphatic heterocycles. The van der Waals surface area contributed by atoms with Gasteiger partial charge in [-0.1, -0.05) is 17.7 Å². The summed E-state index contributed by atoms with van der Waals surface area (Å²) in [6.45, 7) is 3.52. The first-order valence-corrected chi connectivity index (χ1v) is 7.18. The van der Waals surface area contributed by atoms with Crippen molar-refractivity contribution in [1.82, 2.24) is 0 Å². The van der Waals surface area contributed by atoms with Crippen molar-refractivity contribution in [2.75, 3.05) is 11.9 Å². The van der Waals surface area contributed by atoms with Gasteiger partial charge < -0.3 is 10.1 Å². The largest absolute Gasteiger partial charge is 0.477 e. The van der Waals surface area contributed by atoms with Crippen molar-refractivity contribution in [3.05, 3.63) is 62.7 Å². The molecule has 0 radical (unpaired) electrons. The van der Waals surface area contributed by atoms with E-state index in [0.29, 0.717) is 5.69 Å². The highest BCUT2D eigenvalue weighted by atomic mass is 35.5. The van der Waals surface area contributed by atoms with Crippen LogP contribution in [0.1, 0.15) is 11.1 Å². The van der Waals surface area contributed by atoms with Crippen molar-refractivity contribution in [1.29, 1.82) is 0 Å². The lowest BCUT2D eigenvalue weighted by Gasteiger charge is -2.09. The number of anilines is 1. The first-order chi connectivity index (χ1) is 10.8. The van der Waals surface area contributed by atoms with Crippen LogP contribution < -0.4 is 10.1 Å². The molecule has 1 amide bonds. The first-order valence-electron chi connectivity index (χ1n) is 6.80. The van der Waals surface area contributed by atoms with Crippen LogP contribution in [-0.2, 0) is 4.79 Å². The number of amides is 1. The molecule has 2 aromatic rings. The van der Waals surface area contributed by atoms with Gasteiger partial charge in [-0.25, -0.2) is 0 Å². The number of carbonyl (C=O) groups excluding carboxylic acids is 1. The van der Waals surface area contributed by atoms with Gasteiger partial charge in [0.25, 0.3) is 5.91 Å². The van der Waals surface area contributed by atoms with Crippen molar-refractivity contribution >= 4 is 28.9 Å². The normalized spacial score (nSPS) is 10.2. The Morgan fingerprint density at radius 1 is 1.22 bits per heavy atom. The summed E-state index contributed by atoms with van der Waals surface area (Å²) in [6, 6.07) is 9.66. The second-order valence-corrected chi connectivity index (χ2v) is 5.52. The molecule has 0 bridgehead atoms. The SMILES string of the molecule is Cc1cc(C)cc(NC(=O)COc2ccc(Cl)cc2[N+](=O)[O-])c1. The van der Waals surface area contributed by atoms with E-state index in [1.54, 1.807) is 0 Å². The van der Waals surface area contributed by atoms with Crippen molar-refractivity contribution < 1.29 is 14.5 Å². The number of rotatable bonds is 5. The quantitative estimate of drug-likeness (QED) is 0.664. The van der Waals surface area contributed by atoms with Crippen molar-refractivity contribution in [3.8, 4) is 5.75 Å². The summed E-state index contributed by atoms with van der Waals surface area (Å²) in [5.74, 6) is -0.408. The lowest BCUT2D eigenvalue weighted by molar-refractivity contribution is -0.385. The van der Waals surface area contributed by atoms with E-state index in [4.69, 9.17) is 16.3 Å². The summed E-state index contributed by atoms with van der Waals surface area (Å²) in [5.41, 5.74) is 2.42. The molecule has 0 heterocycles. The van der Waals surface area contributed by atoms with Crippen LogP contribution in [0.3, 0.4) is 0 Å². The maximum atomic E-state index is 11.9. The Labute approximate surface area is 138 Å². The van der Waals surface area contributed by atoms with Gasteiger partial charge in [0, 0.05) is 16.8 Å². The van der Waals surface area contributed by atoms with Crippen LogP contribution in [0.15, 0.2) is 36.4 Å². The molecule has 0 atom stereocenters. The number of nitrogens with one attached hydrogen (secondary N) is 1. The summed E-state index contributed by atoms with van der Waals surface area (Å²) in [6.07, 6.45) is 0. The highest BCUT2D eigenvalue weighted by Crippen LogP contribution is 2.29. The molecule has 0 spiro atoms. The molecule has 6 nitrogen and oxygen atoms in total. The number of aryl methyl sites for hydroxylation is 2. The van der Waals surface area contributed by atoms with E-state index in [0.717, 1.165) is 11.1 Å². The Morgan fingerprint density at radius 3 is 2.48 bits per heavy atom. The molecule has 0 saturated carbocycles. The van der Waals surface area contributed by atoms with Crippen molar-refractivity contribution in [2.45, 2.75) is 13.8 Å². The van der Waals surface area contributed by atoms with Crippen LogP contribution >= 0.6 is 11.6 Å². The first kappa shape index (κ1) is 16.8. The van der Waals surface area contributed by atoms with Gasteiger partial charge in [-0.3, -0.25) is 14.9 Å². The van der Waals surface area contributed by atoms with Crippen LogP contribution in [0, 0.1) is 24.0 Å². The van der Waals surface area contributed by atoms with E-state index in [-0.39, 0.29) is 23.1 Å². The van der Waals surface area contributed by atoms with Gasteiger partial charge in [0.1, 0.15) is 0 Å². The average molecular weight is 335 g/mol. The Balaban J connectivity index is 2.03. The van der Waals surface area contributed by atoms with Gasteiger partial charge in [-0.2, -0.15) is 0 Å². The molecule has 120 valence electrons. The van der Waals surface area contributed by atoms with E-state index < -0.39 is 10.8 Å². The van der Waals surface area contributed by atoms with Crippen molar-refractivity contribution in [3.63, 3.8) is 0 Å². The molecule has 0 aliphatic carbocycles. The Bertz CT molecular complexity index is 741. The number of nitro groups is 1. The Morgan fingerprint density at radius 2 is 1.87 bits per heavy atom. The zero-order valence-corrected chi connectivity index (χ0v) is 13.4. The van der Waals surface area contributed by atoms with E-state index in [1.165, 1.54) is 18.2 Å². The van der Waals surface area contributed by atoms with Gasteiger partial charge >= 0.3 is 5.69 Å². The van der Waals surface area contributed by atoms with Gasteiger partial charge in [0.15, 0.2) is 12.4 Å². The third-order valence-electron chi connectivity index (χ3n) is 2.98. The van der Waals surface area contributed by atoms with Crippen LogP contribution in [0.5, 0.6) is 5.75 Å². The number of nitro benzene ring substituents is 1. The van der Waals surface area contributed by atoms with Crippen LogP contribution in [-0.4, -0.2) is 17.4 Å². The number of hydrogen-bond donors (Lipinski definition) is 1. The molecule has 0 unspecified atom stereocenters. The molecular formula is C16H15ClN2O4. The molecule has 23 heavy (non-hydrogen) atoms. The number of hydrogen-bond acceptors (Lipinski definition) is 4. The molecule has 7 heteroatoms. The topological polar surface area (TPSA) is 81.5 Å². The van der Waals surface area contributed by atoms with E-state index in [2.05, 4.69) is 5.32 Å². The monoisotopic (exact) mass is 334 g/mol. The number of carbonyl (C=O) groups is 1. The molecule has 0 aliphatic rings. The predicted octanol–water partition coefficient (Wildman–Crippen LogP) is 3.88. The zero-order valence-electron chi connectivity index (χ0n) is 12.6. The third kappa shape index (κ3) is 4.69. The zero-order chi connectivity index (χ0) is 17.0. The summed E-state index contributed by atoms with van der Waals surface area (Å²) < 4.78 is 5.24. The van der Waals surface area contributed by atoms with E-state index in [9.17, 15) is 14.9 Å². The fraction of sp³-hybridized carbons (Fsp3) is 0.188. The number of ether oxygens (including phenoxy) is 1. The number of benzene rings is 2. The minimum absolute atomic E-state index is 0.00465. The summed E-state index contributed by atoms with van der Waals surface area (Å²) in [5, 5.41) is 13.9. The minimum atomic E-state index is -0.608. The summed E-state index contributed by atoms with van der Waals surface area (Å²) in [4.78, 5) is 22.3. The summed E-state index contributed by atoms with van der Waals surface area (Å²) in [7, 11) is 0. The molecule has 0 fully saturated rings. The van der Waals surface area contributed by atoms with Gasteiger partial charge in [-0.15, -0.1) is 0 Å². The van der Waals surface area contributed by atoms with Gasteiger partial charge in [-0.05, 0) is 49.2 Å². The molecule has 2 aromatic carbocycles. The molecular weight excluding hydrogens is 320 g/mol. The van der Waals surface area contributed by atoms with E-state index in [1.807, 2.05) is 32.0 Å². The molecule has 1 N–H and O–H groups in total. The van der Waals surface area contributed by atoms with Crippen molar-refractivity contribution in [2.24, 2.45) is 0 Å². The average Bonchev–Trinajstić information content (AvgIpc) is 2.44. The smallest absolute Gasteiger partial charge is 0.312 e. The Hall–Kier alpha value is -2.60. The maximum absolute atomic E-state index is 11.9. The molecule has 2 rings (SSSR count). The standard InChI is InChI=1S/C16H15ClN2O4/c1-10-5-11(2)7-13(6-10)18-16(20)9-23-15-4-3-12(17)8-14(15)19(21)22/h3-8H,9H2,1-2H3,(H,18,20). The number of nitrogens with zero attached hydrogens (tertiary/aromatic N) is 1. The van der Waals surface area contributed by atoms with Crippen LogP contribution in [0.25, 0.3) is 0 Å². The maximum Gasteiger partial charge on any atom is 0.312 e. The van der Waals surface area contributed by atoms with Gasteiger partial charge in [0.2, 0.25) is 0 Å². The Kier molecular flexibility index (Phi) is 5.18. The molecule has 0 saturated heterocycles. The second-order valence-electron chi connectivity index (χ2n) is 5.08. The predicted molar refractivity (Wildman–Crippen MR) is 88.1 cm³/mol. The fourth-order valence-electron chi connectivity index (χ4n) is 2.14. The summed E-state index contributed by atoms with van der Waals surface area (Å²) >= 11 is 5.72. The number of halogens is 1. The lowest BCUT2D eigenvalue weighted by atomic mass is 10.1. The minimum Gasteiger partial charge on any atom is -0.477 e. The van der Waals surface area contributed by atoms with Crippen LogP contribution in [0.2, 0.25) is 5.02 Å². The second kappa shape index (κ2) is 7.11. The third-order valence-corrected chi connectivity index (χ3v) is 3.22. The van der Waals surface area contributed by atoms with Crippen LogP contribution in [0.4, 0.5) is 11.4 Å². The van der Waals surface area contributed by atoms with E-state index >= 15 is 0 Å². The highest BCUT2D eigenvalue weighted by molar-refractivity contribution is 6.30. The highest BCUT2D eigenvalue weighted by Gasteiger charge is 2.16. The lowest BCUT2D eigenvalue weighted by Crippen LogP contribution is -2.20. The molecule has 0 aromatic heterocycles. The fourth-order valence-corrected chi connectivity index (χ4v) is 2.31.